The van der Waals surface area contributed by atoms with Crippen LogP contribution in [0.5, 0.6) is 0 Å². The minimum absolute atomic E-state index is 0.0421. The van der Waals surface area contributed by atoms with E-state index in [1.807, 2.05) is 13.8 Å². The average Bonchev–Trinajstić information content (AvgIpc) is 2.75. The number of esters is 1. The molecule has 1 heterocycles. The minimum atomic E-state index is -0.344. The molecule has 1 aliphatic heterocycles. The number of hydroxylamine groups is 2. The molecule has 0 aliphatic carbocycles. The van der Waals surface area contributed by atoms with E-state index in [9.17, 15) is 4.79 Å². The summed E-state index contributed by atoms with van der Waals surface area (Å²) >= 11 is 0. The summed E-state index contributed by atoms with van der Waals surface area (Å²) in [4.78, 5) is 18.8. The Morgan fingerprint density at radius 2 is 1.23 bits per heavy atom. The van der Waals surface area contributed by atoms with Crippen molar-refractivity contribution in [3.63, 3.8) is 0 Å². The van der Waals surface area contributed by atoms with Crippen molar-refractivity contribution < 1.29 is 19.1 Å². The fourth-order valence-electron chi connectivity index (χ4n) is 5.42. The van der Waals surface area contributed by atoms with Gasteiger partial charge in [-0.15, -0.1) is 0 Å². The van der Waals surface area contributed by atoms with E-state index in [4.69, 9.17) is 14.3 Å². The second-order valence-electron chi connectivity index (χ2n) is 12.7. The van der Waals surface area contributed by atoms with Gasteiger partial charge in [-0.3, -0.25) is 9.63 Å². The minimum Gasteiger partial charge on any atom is -0.462 e. The molecule has 0 saturated carbocycles. The number of hydrogen-bond donors (Lipinski definition) is 0. The predicted molar refractivity (Wildman–Crippen MR) is 146 cm³/mol. The topological polar surface area (TPSA) is 48.0 Å². The number of carbonyl (C=O) groups is 1. The van der Waals surface area contributed by atoms with E-state index in [1.165, 1.54) is 70.6 Å². The largest absolute Gasteiger partial charge is 0.462 e. The second-order valence-corrected chi connectivity index (χ2v) is 12.7. The first kappa shape index (κ1) is 32.4. The highest BCUT2D eigenvalue weighted by Crippen LogP contribution is 2.40. The summed E-state index contributed by atoms with van der Waals surface area (Å²) in [5.41, 5.74) is -0.804. The quantitative estimate of drug-likeness (QED) is 0.132. The molecule has 208 valence electrons. The van der Waals surface area contributed by atoms with Crippen LogP contribution in [0.4, 0.5) is 0 Å². The molecule has 1 saturated heterocycles. The predicted octanol–water partition coefficient (Wildman–Crippen LogP) is 8.39. The lowest BCUT2D eigenvalue weighted by Crippen LogP contribution is -2.62. The number of unbranched alkanes of at least 4 members (excludes halogenated alkanes) is 12. The Balaban J connectivity index is 2.21. The van der Waals surface area contributed by atoms with Gasteiger partial charge in [0, 0.05) is 37.5 Å². The van der Waals surface area contributed by atoms with Crippen LogP contribution in [-0.4, -0.2) is 47.5 Å². The third-order valence-corrected chi connectivity index (χ3v) is 7.43. The Labute approximate surface area is 218 Å². The van der Waals surface area contributed by atoms with Crippen LogP contribution in [0.15, 0.2) is 0 Å². The molecule has 0 radical (unpaired) electrons. The van der Waals surface area contributed by atoms with Crippen molar-refractivity contribution in [2.45, 2.75) is 174 Å². The molecule has 0 unspecified atom stereocenters. The van der Waals surface area contributed by atoms with Crippen LogP contribution in [0.2, 0.25) is 0 Å². The van der Waals surface area contributed by atoms with Crippen LogP contribution in [0.3, 0.4) is 0 Å². The Hall–Kier alpha value is -0.650. The maximum Gasteiger partial charge on any atom is 0.306 e. The van der Waals surface area contributed by atoms with Gasteiger partial charge in [0.1, 0.15) is 6.10 Å². The third kappa shape index (κ3) is 13.5. The molecular weight excluding hydrogens is 438 g/mol. The van der Waals surface area contributed by atoms with Crippen molar-refractivity contribution in [2.24, 2.45) is 0 Å². The SMILES string of the molecule is CCCCCCCCCCCCCCCC(=O)OC1CC(C)(C)N(OCC(C)(C)OC)C(C)(C)C1. The molecule has 0 spiro atoms. The number of rotatable bonds is 19. The summed E-state index contributed by atoms with van der Waals surface area (Å²) in [5.74, 6) is -0.0421. The highest BCUT2D eigenvalue weighted by molar-refractivity contribution is 5.69. The molecule has 0 bridgehead atoms. The second kappa shape index (κ2) is 16.2. The smallest absolute Gasteiger partial charge is 0.306 e. The summed E-state index contributed by atoms with van der Waals surface area (Å²) in [6.45, 7) is 15.5. The highest BCUT2D eigenvalue weighted by Gasteiger charge is 2.48. The maximum atomic E-state index is 12.5. The summed E-state index contributed by atoms with van der Waals surface area (Å²) < 4.78 is 11.5. The number of nitrogens with zero attached hydrogens (tertiary/aromatic N) is 1. The zero-order chi connectivity index (χ0) is 26.4. The molecule has 35 heavy (non-hydrogen) atoms. The van der Waals surface area contributed by atoms with Crippen LogP contribution >= 0.6 is 0 Å². The van der Waals surface area contributed by atoms with E-state index < -0.39 is 0 Å². The fraction of sp³-hybridized carbons (Fsp3) is 0.967. The molecule has 5 nitrogen and oxygen atoms in total. The van der Waals surface area contributed by atoms with E-state index in [0.717, 1.165) is 25.7 Å². The molecule has 5 heteroatoms. The Bertz CT molecular complexity index is 555. The monoisotopic (exact) mass is 497 g/mol. The first-order valence-electron chi connectivity index (χ1n) is 14.6. The number of carbonyl (C=O) groups excluding carboxylic acids is 1. The van der Waals surface area contributed by atoms with E-state index in [0.29, 0.717) is 13.0 Å². The van der Waals surface area contributed by atoms with Gasteiger partial charge < -0.3 is 9.47 Å². The standard InChI is InChI=1S/C30H59NO4/c1-9-10-11-12-13-14-15-16-17-18-19-20-21-22-27(32)35-26-23-28(2,3)31(29(4,5)24-26)34-25-30(6,7)33-8/h26H,9-25H2,1-8H3. The van der Waals surface area contributed by atoms with Gasteiger partial charge in [0.2, 0.25) is 0 Å². The van der Waals surface area contributed by atoms with Crippen molar-refractivity contribution in [2.75, 3.05) is 13.7 Å². The van der Waals surface area contributed by atoms with Gasteiger partial charge in [-0.2, -0.15) is 5.06 Å². The summed E-state index contributed by atoms with van der Waals surface area (Å²) in [5, 5.41) is 2.09. The summed E-state index contributed by atoms with van der Waals surface area (Å²) in [6, 6.07) is 0. The Kier molecular flexibility index (Phi) is 15.0. The van der Waals surface area contributed by atoms with Crippen LogP contribution in [0.25, 0.3) is 0 Å². The summed E-state index contributed by atoms with van der Waals surface area (Å²) in [6.07, 6.45) is 19.1. The van der Waals surface area contributed by atoms with Crippen LogP contribution in [-0.2, 0) is 19.1 Å². The molecule has 0 aromatic carbocycles. The van der Waals surface area contributed by atoms with Gasteiger partial charge in [-0.1, -0.05) is 84.0 Å². The van der Waals surface area contributed by atoms with Crippen molar-refractivity contribution in [3.8, 4) is 0 Å². The van der Waals surface area contributed by atoms with Gasteiger partial charge in [0.15, 0.2) is 0 Å². The lowest BCUT2D eigenvalue weighted by Gasteiger charge is -2.53. The first-order valence-corrected chi connectivity index (χ1v) is 14.6. The lowest BCUT2D eigenvalue weighted by molar-refractivity contribution is -0.308. The van der Waals surface area contributed by atoms with Crippen LogP contribution in [0, 0.1) is 0 Å². The van der Waals surface area contributed by atoms with Crippen molar-refractivity contribution >= 4 is 5.97 Å². The van der Waals surface area contributed by atoms with Gasteiger partial charge in [0.05, 0.1) is 12.2 Å². The highest BCUT2D eigenvalue weighted by atomic mass is 16.7. The first-order chi connectivity index (χ1) is 16.4. The summed E-state index contributed by atoms with van der Waals surface area (Å²) in [7, 11) is 1.71. The zero-order valence-corrected chi connectivity index (χ0v) is 24.7. The molecule has 0 N–H and O–H groups in total. The van der Waals surface area contributed by atoms with Crippen LogP contribution in [0.1, 0.15) is 151 Å². The number of piperidine rings is 1. The molecule has 0 atom stereocenters. The zero-order valence-electron chi connectivity index (χ0n) is 24.7. The molecular formula is C30H59NO4. The molecule has 1 aliphatic rings. The maximum absolute atomic E-state index is 12.5. The number of hydrogen-bond acceptors (Lipinski definition) is 5. The van der Waals surface area contributed by atoms with E-state index in [-0.39, 0.29) is 28.8 Å². The fourth-order valence-corrected chi connectivity index (χ4v) is 5.42. The van der Waals surface area contributed by atoms with Crippen molar-refractivity contribution in [3.05, 3.63) is 0 Å². The Morgan fingerprint density at radius 1 is 0.800 bits per heavy atom. The number of ether oxygens (including phenoxy) is 2. The van der Waals surface area contributed by atoms with Gasteiger partial charge in [-0.05, 0) is 48.0 Å². The van der Waals surface area contributed by atoms with Crippen molar-refractivity contribution in [1.82, 2.24) is 5.06 Å². The molecule has 1 fully saturated rings. The van der Waals surface area contributed by atoms with E-state index >= 15 is 0 Å². The van der Waals surface area contributed by atoms with Gasteiger partial charge >= 0.3 is 5.97 Å². The van der Waals surface area contributed by atoms with Gasteiger partial charge in [0.25, 0.3) is 0 Å². The normalized spacial score (nSPS) is 18.6. The van der Waals surface area contributed by atoms with E-state index in [2.05, 4.69) is 39.7 Å². The van der Waals surface area contributed by atoms with E-state index in [1.54, 1.807) is 7.11 Å². The molecule has 1 rings (SSSR count). The lowest BCUT2D eigenvalue weighted by atomic mass is 9.80. The van der Waals surface area contributed by atoms with Crippen molar-refractivity contribution in [1.29, 1.82) is 0 Å². The number of methoxy groups -OCH3 is 1. The van der Waals surface area contributed by atoms with Crippen LogP contribution < -0.4 is 0 Å². The Morgan fingerprint density at radius 3 is 1.66 bits per heavy atom. The van der Waals surface area contributed by atoms with Gasteiger partial charge in [-0.25, -0.2) is 0 Å². The molecule has 0 aromatic rings. The molecule has 0 aromatic heterocycles. The average molecular weight is 498 g/mol. The third-order valence-electron chi connectivity index (χ3n) is 7.43. The molecule has 0 amide bonds.